The van der Waals surface area contributed by atoms with E-state index in [9.17, 15) is 0 Å². The quantitative estimate of drug-likeness (QED) is 0.133. The maximum atomic E-state index is 2.37. The van der Waals surface area contributed by atoms with Crippen molar-refractivity contribution in [3.63, 3.8) is 0 Å². The second-order valence-electron chi connectivity index (χ2n) is 24.0. The van der Waals surface area contributed by atoms with Crippen molar-refractivity contribution >= 4 is 0 Å². The Morgan fingerprint density at radius 3 is 0.337 bits per heavy atom. The number of allylic oxidation sites excluding steroid dienone is 4. The molecule has 0 heteroatoms. The number of hydrogen-bond acceptors (Lipinski definition) is 0. The number of benzene rings is 14. The summed E-state index contributed by atoms with van der Waals surface area (Å²) in [6.07, 6.45) is 12.6. The van der Waals surface area contributed by atoms with E-state index in [4.69, 9.17) is 0 Å². The molecular formula is C92H68. The SMILES string of the molecule is C1=C/Cc2ccc(cc2)-c2c(-c3ccccc3)c(-c3ccccc3)c(c(-c3ccccc3)c2-c2ccccc2)-c2ccc(cc2)C/C=C/Cc2ccc(cc2)-c2c(-c3ccccc3)c(-c3ccccc3)c(c(-c3ccccc3)c2-c2ccccc2)-c2ccc(cc2)C/1. The van der Waals surface area contributed by atoms with Crippen LogP contribution in [0.2, 0.25) is 0 Å². The summed E-state index contributed by atoms with van der Waals surface area (Å²) in [6.45, 7) is 0. The minimum atomic E-state index is 0.811. The highest BCUT2D eigenvalue weighted by Crippen LogP contribution is 2.58. The van der Waals surface area contributed by atoms with Gasteiger partial charge in [-0.15, -0.1) is 0 Å². The Morgan fingerprint density at radius 1 is 0.109 bits per heavy atom. The molecule has 0 saturated carbocycles. The van der Waals surface area contributed by atoms with Crippen LogP contribution >= 0.6 is 0 Å². The minimum absolute atomic E-state index is 0.811. The Morgan fingerprint density at radius 2 is 0.217 bits per heavy atom. The zero-order chi connectivity index (χ0) is 61.4. The highest BCUT2D eigenvalue weighted by Gasteiger charge is 2.31. The van der Waals surface area contributed by atoms with Gasteiger partial charge >= 0.3 is 0 Å². The van der Waals surface area contributed by atoms with E-state index in [1.54, 1.807) is 0 Å². The van der Waals surface area contributed by atoms with E-state index in [1.165, 1.54) is 156 Å². The molecule has 0 aliphatic heterocycles. The van der Waals surface area contributed by atoms with Crippen molar-refractivity contribution in [3.8, 4) is 134 Å². The van der Waals surface area contributed by atoms with Crippen LogP contribution in [0.5, 0.6) is 0 Å². The summed E-state index contributed by atoms with van der Waals surface area (Å²) in [4.78, 5) is 0. The second kappa shape index (κ2) is 26.3. The van der Waals surface area contributed by atoms with Gasteiger partial charge in [-0.1, -0.05) is 364 Å². The highest BCUT2D eigenvalue weighted by molar-refractivity contribution is 6.17. The summed E-state index contributed by atoms with van der Waals surface area (Å²) in [7, 11) is 0. The molecule has 0 fully saturated rings. The molecular weight excluding hydrogens is 1110 g/mol. The van der Waals surface area contributed by atoms with E-state index in [0.29, 0.717) is 0 Å². The van der Waals surface area contributed by atoms with Crippen LogP contribution in [0.15, 0.2) is 364 Å². The third-order valence-corrected chi connectivity index (χ3v) is 18.2. The third-order valence-electron chi connectivity index (χ3n) is 18.2. The fourth-order valence-corrected chi connectivity index (χ4v) is 13.9. The molecule has 0 radical (unpaired) electrons. The molecule has 7 aliphatic carbocycles. The molecule has 0 spiro atoms. The molecule has 0 N–H and O–H groups in total. The molecule has 12 bridgehead atoms. The normalized spacial score (nSPS) is 12.8. The van der Waals surface area contributed by atoms with E-state index in [1.807, 2.05) is 0 Å². The standard InChI is InChI=1S/C92H68/c1-9-33-69(34-10-1)81-82(70-35-11-2-12-36-70)90-78-59-51-66(52-60-78)30-27-28-32-68-55-63-80(64-56-68)92-87(75-45-21-7-22-46-75)85(73-41-17-5-18-42-73)91(86(74-43-19-6-20-44-74)88(92)76-47-23-8-24-48-76)79-61-53-67(54-62-79)31-26-25-29-65-49-57-77(58-50-65)89(81)83(71-37-13-3-14-38-71)84(90)72-39-15-4-16-40-72/h1-28,33-64H,29-32H2/b26-25+,28-27+. The topological polar surface area (TPSA) is 0 Å². The van der Waals surface area contributed by atoms with Crippen LogP contribution in [-0.4, -0.2) is 0 Å². The lowest BCUT2D eigenvalue weighted by atomic mass is 9.74. The maximum absolute atomic E-state index is 2.37. The summed E-state index contributed by atoms with van der Waals surface area (Å²) in [5, 5.41) is 0. The van der Waals surface area contributed by atoms with Gasteiger partial charge in [-0.2, -0.15) is 0 Å². The van der Waals surface area contributed by atoms with Gasteiger partial charge in [-0.05, 0) is 181 Å². The molecule has 7 aliphatic rings. The van der Waals surface area contributed by atoms with Gasteiger partial charge < -0.3 is 0 Å². The lowest BCUT2D eigenvalue weighted by Gasteiger charge is -2.29. The van der Waals surface area contributed by atoms with E-state index >= 15 is 0 Å². The monoisotopic (exact) mass is 1170 g/mol. The predicted octanol–water partition coefficient (Wildman–Crippen LogP) is 24.7. The first-order valence-corrected chi connectivity index (χ1v) is 32.3. The van der Waals surface area contributed by atoms with Crippen LogP contribution in [0.25, 0.3) is 134 Å². The van der Waals surface area contributed by atoms with Crippen LogP contribution in [0.4, 0.5) is 0 Å². The van der Waals surface area contributed by atoms with E-state index < -0.39 is 0 Å². The molecule has 436 valence electrons. The first-order valence-electron chi connectivity index (χ1n) is 32.3. The van der Waals surface area contributed by atoms with Gasteiger partial charge in [0.2, 0.25) is 0 Å². The number of hydrogen-bond donors (Lipinski definition) is 0. The van der Waals surface area contributed by atoms with Crippen molar-refractivity contribution < 1.29 is 0 Å². The summed E-state index contributed by atoms with van der Waals surface area (Å²) >= 11 is 0. The molecule has 0 unspecified atom stereocenters. The van der Waals surface area contributed by atoms with Crippen molar-refractivity contribution in [2.24, 2.45) is 0 Å². The Balaban J connectivity index is 0.937. The van der Waals surface area contributed by atoms with Gasteiger partial charge in [0.05, 0.1) is 0 Å². The van der Waals surface area contributed by atoms with E-state index in [2.05, 4.69) is 364 Å². The summed E-state index contributed by atoms with van der Waals surface area (Å²) in [5.41, 5.74) is 33.7. The average molecular weight is 1170 g/mol. The largest absolute Gasteiger partial charge is 0.0838 e. The molecule has 14 aromatic carbocycles. The predicted molar refractivity (Wildman–Crippen MR) is 391 cm³/mol. The molecule has 21 rings (SSSR count). The summed E-state index contributed by atoms with van der Waals surface area (Å²) < 4.78 is 0. The Hall–Kier alpha value is -11.4. The zero-order valence-corrected chi connectivity index (χ0v) is 51.5. The van der Waals surface area contributed by atoms with E-state index in [-0.39, 0.29) is 0 Å². The number of rotatable bonds is 8. The van der Waals surface area contributed by atoms with Crippen LogP contribution in [0.1, 0.15) is 22.3 Å². The first kappa shape index (κ1) is 57.0. The smallest absolute Gasteiger partial charge is 0.00139 e. The second-order valence-corrected chi connectivity index (χ2v) is 24.0. The minimum Gasteiger partial charge on any atom is -0.0838 e. The van der Waals surface area contributed by atoms with Gasteiger partial charge in [0.25, 0.3) is 0 Å². The maximum Gasteiger partial charge on any atom is -0.00139 e. The Kier molecular flexibility index (Phi) is 16.3. The van der Waals surface area contributed by atoms with Gasteiger partial charge in [-0.25, -0.2) is 0 Å². The average Bonchev–Trinajstić information content (AvgIpc) is 0.734. The Bertz CT molecular complexity index is 4040. The highest BCUT2D eigenvalue weighted by atomic mass is 14.3. The van der Waals surface area contributed by atoms with Gasteiger partial charge in [0.15, 0.2) is 0 Å². The summed E-state index contributed by atoms with van der Waals surface area (Å²) in [6, 6.07) is 126. The van der Waals surface area contributed by atoms with Crippen molar-refractivity contribution in [2.45, 2.75) is 25.7 Å². The lowest BCUT2D eigenvalue weighted by Crippen LogP contribution is -2.02. The van der Waals surface area contributed by atoms with E-state index in [0.717, 1.165) is 25.7 Å². The van der Waals surface area contributed by atoms with Gasteiger partial charge in [0.1, 0.15) is 0 Å². The summed E-state index contributed by atoms with van der Waals surface area (Å²) in [5.74, 6) is 0. The van der Waals surface area contributed by atoms with Gasteiger partial charge in [-0.3, -0.25) is 0 Å². The lowest BCUT2D eigenvalue weighted by molar-refractivity contribution is 1.21. The fourth-order valence-electron chi connectivity index (χ4n) is 13.9. The molecule has 0 heterocycles. The van der Waals surface area contributed by atoms with Crippen LogP contribution in [0, 0.1) is 0 Å². The van der Waals surface area contributed by atoms with Crippen LogP contribution < -0.4 is 0 Å². The van der Waals surface area contributed by atoms with Crippen LogP contribution in [0.3, 0.4) is 0 Å². The first-order chi connectivity index (χ1) is 45.7. The molecule has 0 saturated heterocycles. The molecule has 92 heavy (non-hydrogen) atoms. The zero-order valence-electron chi connectivity index (χ0n) is 51.5. The fraction of sp³-hybridized carbons (Fsp3) is 0.0435. The molecule has 0 nitrogen and oxygen atoms in total. The molecule has 14 aromatic rings. The molecule has 0 atom stereocenters. The molecule has 0 aromatic heterocycles. The molecule has 0 amide bonds. The van der Waals surface area contributed by atoms with Crippen LogP contribution in [-0.2, 0) is 25.7 Å². The van der Waals surface area contributed by atoms with Crippen molar-refractivity contribution in [3.05, 3.63) is 386 Å². The van der Waals surface area contributed by atoms with Gasteiger partial charge in [0, 0.05) is 0 Å². The third kappa shape index (κ3) is 11.5. The van der Waals surface area contributed by atoms with Crippen molar-refractivity contribution in [1.82, 2.24) is 0 Å². The Labute approximate surface area is 542 Å². The van der Waals surface area contributed by atoms with Crippen molar-refractivity contribution in [2.75, 3.05) is 0 Å². The van der Waals surface area contributed by atoms with Crippen molar-refractivity contribution in [1.29, 1.82) is 0 Å².